The molecular weight excluding hydrogens is 307 g/mol. The Morgan fingerprint density at radius 1 is 1.36 bits per heavy atom. The van der Waals surface area contributed by atoms with Crippen molar-refractivity contribution in [3.05, 3.63) is 41.1 Å². The number of nitrogens with two attached hydrogens (primary N) is 1. The molecule has 1 unspecified atom stereocenters. The molecule has 1 aromatic carbocycles. The molecule has 2 aromatic rings. The second-order valence-corrected chi connectivity index (χ2v) is 6.91. The first kappa shape index (κ1) is 16.6. The molecule has 0 aliphatic carbocycles. The van der Waals surface area contributed by atoms with Gasteiger partial charge in [-0.05, 0) is 30.2 Å². The van der Waals surface area contributed by atoms with Crippen molar-refractivity contribution in [1.82, 2.24) is 4.98 Å². The fourth-order valence-corrected chi connectivity index (χ4v) is 2.91. The molecule has 1 atom stereocenters. The van der Waals surface area contributed by atoms with Gasteiger partial charge >= 0.3 is 13.6 Å². The van der Waals surface area contributed by atoms with E-state index in [1.807, 2.05) is 25.1 Å². The Morgan fingerprint density at radius 3 is 2.64 bits per heavy atom. The van der Waals surface area contributed by atoms with Crippen molar-refractivity contribution >= 4 is 24.5 Å². The van der Waals surface area contributed by atoms with Crippen molar-refractivity contribution in [2.24, 2.45) is 5.73 Å². The number of rotatable bonds is 5. The summed E-state index contributed by atoms with van der Waals surface area (Å²) in [5.41, 5.74) is 7.77. The number of benzene rings is 1. The Hall–Kier alpha value is -1.79. The van der Waals surface area contributed by atoms with Crippen molar-refractivity contribution in [3.8, 4) is 0 Å². The molecule has 7 nitrogen and oxygen atoms in total. The summed E-state index contributed by atoms with van der Waals surface area (Å²) in [5.74, 6) is -1.19. The highest BCUT2D eigenvalue weighted by Crippen LogP contribution is 2.40. The Labute approximate surface area is 127 Å². The number of hydrogen-bond donors (Lipinski definition) is 4. The van der Waals surface area contributed by atoms with Crippen LogP contribution in [0.15, 0.2) is 24.3 Å². The first-order valence-electron chi connectivity index (χ1n) is 6.58. The summed E-state index contributed by atoms with van der Waals surface area (Å²) in [5, 5.41) is 9.66. The predicted octanol–water partition coefficient (Wildman–Crippen LogP) is 1.18. The maximum absolute atomic E-state index is 11.3. The largest absolute Gasteiger partial charge is 0.480 e. The molecule has 8 heteroatoms. The van der Waals surface area contributed by atoms with E-state index >= 15 is 0 Å². The van der Waals surface area contributed by atoms with Crippen molar-refractivity contribution in [2.75, 3.05) is 0 Å². The standard InChI is InChI=1S/C14H17N2O5P/c1-8-2-3-9-5-10(7-22(19,20)21)13(16-12(9)4-8)6-11(15)14(17)18/h2-5,11H,6-7,15H2,1H3,(H,17,18)(H2,19,20,21). The molecule has 2 rings (SSSR count). The molecule has 0 bridgehead atoms. The van der Waals surface area contributed by atoms with Gasteiger partial charge < -0.3 is 20.6 Å². The van der Waals surface area contributed by atoms with Crippen LogP contribution in [0.4, 0.5) is 0 Å². The van der Waals surface area contributed by atoms with Crippen molar-refractivity contribution < 1.29 is 24.3 Å². The molecule has 0 fully saturated rings. The van der Waals surface area contributed by atoms with Gasteiger partial charge in [-0.25, -0.2) is 0 Å². The molecule has 0 spiro atoms. The van der Waals surface area contributed by atoms with Gasteiger partial charge in [-0.1, -0.05) is 12.1 Å². The first-order chi connectivity index (χ1) is 10.2. The highest BCUT2D eigenvalue weighted by atomic mass is 31.2. The molecule has 118 valence electrons. The van der Waals surface area contributed by atoms with Crippen LogP contribution in [0.5, 0.6) is 0 Å². The Kier molecular flexibility index (Phi) is 4.63. The molecular formula is C14H17N2O5P. The van der Waals surface area contributed by atoms with Crippen molar-refractivity contribution in [3.63, 3.8) is 0 Å². The van der Waals surface area contributed by atoms with Crippen LogP contribution in [0.25, 0.3) is 10.9 Å². The Morgan fingerprint density at radius 2 is 2.05 bits per heavy atom. The van der Waals surface area contributed by atoms with Gasteiger partial charge in [0.05, 0.1) is 11.7 Å². The predicted molar refractivity (Wildman–Crippen MR) is 81.5 cm³/mol. The summed E-state index contributed by atoms with van der Waals surface area (Å²) in [7, 11) is -4.30. The minimum Gasteiger partial charge on any atom is -0.480 e. The number of pyridine rings is 1. The van der Waals surface area contributed by atoms with Crippen LogP contribution in [-0.2, 0) is 21.9 Å². The summed E-state index contributed by atoms with van der Waals surface area (Å²) < 4.78 is 11.3. The third-order valence-electron chi connectivity index (χ3n) is 3.25. The Balaban J connectivity index is 2.54. The normalized spacial score (nSPS) is 13.3. The molecule has 1 heterocycles. The monoisotopic (exact) mass is 324 g/mol. The minimum atomic E-state index is -4.30. The van der Waals surface area contributed by atoms with Crippen LogP contribution in [0.1, 0.15) is 16.8 Å². The van der Waals surface area contributed by atoms with Gasteiger partial charge in [0.25, 0.3) is 0 Å². The maximum atomic E-state index is 11.3. The number of hydrogen-bond acceptors (Lipinski definition) is 4. The second kappa shape index (κ2) is 6.14. The van der Waals surface area contributed by atoms with E-state index in [4.69, 9.17) is 10.8 Å². The summed E-state index contributed by atoms with van der Waals surface area (Å²) in [6.45, 7) is 1.90. The fourth-order valence-electron chi connectivity index (χ4n) is 2.19. The molecule has 5 N–H and O–H groups in total. The number of carboxylic acids is 1. The van der Waals surface area contributed by atoms with Gasteiger partial charge in [0.2, 0.25) is 0 Å². The lowest BCUT2D eigenvalue weighted by atomic mass is 10.0. The average molecular weight is 324 g/mol. The van der Waals surface area contributed by atoms with E-state index < -0.39 is 25.8 Å². The van der Waals surface area contributed by atoms with E-state index in [1.165, 1.54) is 0 Å². The van der Waals surface area contributed by atoms with Crippen molar-refractivity contribution in [2.45, 2.75) is 25.5 Å². The van der Waals surface area contributed by atoms with Crippen LogP contribution in [0.2, 0.25) is 0 Å². The molecule has 0 saturated heterocycles. The van der Waals surface area contributed by atoms with Crippen LogP contribution in [0.3, 0.4) is 0 Å². The third kappa shape index (κ3) is 4.11. The lowest BCUT2D eigenvalue weighted by Gasteiger charge is -2.14. The van der Waals surface area contributed by atoms with E-state index in [-0.39, 0.29) is 6.42 Å². The molecule has 0 amide bonds. The lowest BCUT2D eigenvalue weighted by molar-refractivity contribution is -0.138. The van der Waals surface area contributed by atoms with Gasteiger partial charge in [-0.3, -0.25) is 14.3 Å². The Bertz CT molecular complexity index is 771. The zero-order valence-electron chi connectivity index (χ0n) is 11.9. The maximum Gasteiger partial charge on any atom is 0.329 e. The van der Waals surface area contributed by atoms with E-state index in [0.717, 1.165) is 10.9 Å². The molecule has 1 aromatic heterocycles. The van der Waals surface area contributed by atoms with Gasteiger partial charge in [-0.2, -0.15) is 0 Å². The highest BCUT2D eigenvalue weighted by Gasteiger charge is 2.21. The third-order valence-corrected chi connectivity index (χ3v) is 4.00. The SMILES string of the molecule is Cc1ccc2cc(CP(=O)(O)O)c(CC(N)C(=O)O)nc2c1. The van der Waals surface area contributed by atoms with Gasteiger partial charge in [0, 0.05) is 17.5 Å². The number of carbonyl (C=O) groups is 1. The van der Waals surface area contributed by atoms with Crippen LogP contribution >= 0.6 is 7.60 Å². The van der Waals surface area contributed by atoms with E-state index in [1.54, 1.807) is 6.07 Å². The van der Waals surface area contributed by atoms with Gasteiger partial charge in [0.1, 0.15) is 6.04 Å². The summed E-state index contributed by atoms with van der Waals surface area (Å²) >= 11 is 0. The summed E-state index contributed by atoms with van der Waals surface area (Å²) in [4.78, 5) is 33.6. The number of aromatic nitrogens is 1. The van der Waals surface area contributed by atoms with Gasteiger partial charge in [0.15, 0.2) is 0 Å². The average Bonchev–Trinajstić information content (AvgIpc) is 2.37. The minimum absolute atomic E-state index is 0.0887. The quantitative estimate of drug-likeness (QED) is 0.607. The zero-order chi connectivity index (χ0) is 16.5. The van der Waals surface area contributed by atoms with E-state index in [0.29, 0.717) is 16.8 Å². The number of fused-ring (bicyclic) bond motifs is 1. The summed E-state index contributed by atoms with van der Waals surface area (Å²) in [6, 6.07) is 5.96. The number of carboxylic acid groups (broad SMARTS) is 1. The van der Waals surface area contributed by atoms with Crippen LogP contribution in [-0.4, -0.2) is 31.9 Å². The van der Waals surface area contributed by atoms with Gasteiger partial charge in [-0.15, -0.1) is 0 Å². The molecule has 22 heavy (non-hydrogen) atoms. The lowest BCUT2D eigenvalue weighted by Crippen LogP contribution is -2.33. The highest BCUT2D eigenvalue weighted by molar-refractivity contribution is 7.50. The molecule has 0 aliphatic heterocycles. The van der Waals surface area contributed by atoms with E-state index in [2.05, 4.69) is 4.98 Å². The smallest absolute Gasteiger partial charge is 0.329 e. The van der Waals surface area contributed by atoms with Crippen LogP contribution in [0, 0.1) is 6.92 Å². The molecule has 0 saturated carbocycles. The topological polar surface area (TPSA) is 134 Å². The summed E-state index contributed by atoms with van der Waals surface area (Å²) in [6.07, 6.45) is -0.583. The van der Waals surface area contributed by atoms with Crippen LogP contribution < -0.4 is 5.73 Å². The zero-order valence-corrected chi connectivity index (χ0v) is 12.8. The van der Waals surface area contributed by atoms with E-state index in [9.17, 15) is 19.1 Å². The molecule has 0 radical (unpaired) electrons. The van der Waals surface area contributed by atoms with Crippen molar-refractivity contribution in [1.29, 1.82) is 0 Å². The number of aryl methyl sites for hydroxylation is 1. The number of nitrogens with zero attached hydrogens (tertiary/aromatic N) is 1. The first-order valence-corrected chi connectivity index (χ1v) is 8.37. The fraction of sp³-hybridized carbons (Fsp3) is 0.286. The second-order valence-electron chi connectivity index (χ2n) is 5.26. The number of aliphatic carboxylic acids is 1. The molecule has 0 aliphatic rings.